The summed E-state index contributed by atoms with van der Waals surface area (Å²) in [4.78, 5) is 3.90. The van der Waals surface area contributed by atoms with Gasteiger partial charge in [-0.1, -0.05) is 0 Å². The predicted molar refractivity (Wildman–Crippen MR) is 55.3 cm³/mol. The highest BCUT2D eigenvalue weighted by Gasteiger charge is 2.02. The normalized spacial score (nSPS) is 8.69. The minimum atomic E-state index is 0.681. The van der Waals surface area contributed by atoms with Gasteiger partial charge >= 0.3 is 0 Å². The van der Waals surface area contributed by atoms with Crippen molar-refractivity contribution in [1.29, 1.82) is 5.26 Å². The Balaban J connectivity index is 3.38. The van der Waals surface area contributed by atoms with Crippen molar-refractivity contribution < 1.29 is 0 Å². The number of benzene rings is 1. The van der Waals surface area contributed by atoms with Crippen molar-refractivity contribution in [1.82, 2.24) is 0 Å². The van der Waals surface area contributed by atoms with Crippen LogP contribution < -0.4 is 0 Å². The van der Waals surface area contributed by atoms with Crippen LogP contribution >= 0.6 is 12.2 Å². The van der Waals surface area contributed by atoms with E-state index in [0.717, 1.165) is 16.8 Å². The second kappa shape index (κ2) is 3.95. The van der Waals surface area contributed by atoms with Crippen molar-refractivity contribution in [2.45, 2.75) is 13.8 Å². The van der Waals surface area contributed by atoms with Gasteiger partial charge in [0, 0.05) is 0 Å². The molecule has 0 aliphatic rings. The first-order valence-electron chi connectivity index (χ1n) is 3.78. The number of hydrogen-bond acceptors (Lipinski definition) is 3. The Bertz CT molecular complexity index is 423. The van der Waals surface area contributed by atoms with Crippen LogP contribution in [0.2, 0.25) is 0 Å². The standard InChI is InChI=1S/C10H8N2S/c1-7-4-10(12-6-13)8(2)3-9(7)5-11/h3-4H,1-2H3. The molecule has 0 saturated heterocycles. The smallest absolute Gasteiger partial charge is 0.0994 e. The lowest BCUT2D eigenvalue weighted by molar-refractivity contribution is 1.32. The minimum absolute atomic E-state index is 0.681. The Morgan fingerprint density at radius 1 is 1.31 bits per heavy atom. The van der Waals surface area contributed by atoms with Gasteiger partial charge in [-0.05, 0) is 49.3 Å². The maximum absolute atomic E-state index is 8.75. The molecule has 0 radical (unpaired) electrons. The maximum Gasteiger partial charge on any atom is 0.0994 e. The van der Waals surface area contributed by atoms with E-state index in [-0.39, 0.29) is 0 Å². The highest BCUT2D eigenvalue weighted by Crippen LogP contribution is 2.22. The van der Waals surface area contributed by atoms with E-state index in [1.165, 1.54) is 0 Å². The fraction of sp³-hybridized carbons (Fsp3) is 0.200. The van der Waals surface area contributed by atoms with E-state index in [0.29, 0.717) is 5.56 Å². The van der Waals surface area contributed by atoms with E-state index in [1.807, 2.05) is 19.9 Å². The van der Waals surface area contributed by atoms with Crippen molar-refractivity contribution in [3.05, 3.63) is 28.8 Å². The van der Waals surface area contributed by atoms with Crippen molar-refractivity contribution in [2.75, 3.05) is 0 Å². The highest BCUT2D eigenvalue weighted by atomic mass is 32.1. The second-order valence-electron chi connectivity index (χ2n) is 2.77. The second-order valence-corrected chi connectivity index (χ2v) is 2.95. The van der Waals surface area contributed by atoms with Crippen molar-refractivity contribution in [2.24, 2.45) is 4.99 Å². The zero-order valence-corrected chi connectivity index (χ0v) is 8.27. The van der Waals surface area contributed by atoms with E-state index < -0.39 is 0 Å². The Hall–Kier alpha value is -1.49. The molecule has 0 aliphatic carbocycles. The van der Waals surface area contributed by atoms with Gasteiger partial charge in [0.2, 0.25) is 0 Å². The molecule has 3 heteroatoms. The topological polar surface area (TPSA) is 36.1 Å². The number of hydrogen-bond donors (Lipinski definition) is 0. The van der Waals surface area contributed by atoms with Crippen LogP contribution in [0, 0.1) is 25.2 Å². The molecule has 0 unspecified atom stereocenters. The van der Waals surface area contributed by atoms with E-state index in [9.17, 15) is 0 Å². The largest absolute Gasteiger partial charge is 0.194 e. The van der Waals surface area contributed by atoms with Crippen molar-refractivity contribution >= 4 is 23.1 Å². The number of thiocarbonyl (C=S) groups is 1. The van der Waals surface area contributed by atoms with Crippen LogP contribution in [0.15, 0.2) is 17.1 Å². The molecule has 1 aromatic carbocycles. The van der Waals surface area contributed by atoms with Crippen LogP contribution in [0.4, 0.5) is 5.69 Å². The van der Waals surface area contributed by atoms with Crippen molar-refractivity contribution in [3.63, 3.8) is 0 Å². The monoisotopic (exact) mass is 188 g/mol. The summed E-state index contributed by atoms with van der Waals surface area (Å²) in [5.74, 6) is 0. The fourth-order valence-electron chi connectivity index (χ4n) is 1.09. The van der Waals surface area contributed by atoms with Gasteiger partial charge in [0.05, 0.1) is 22.5 Å². The van der Waals surface area contributed by atoms with E-state index in [4.69, 9.17) is 5.26 Å². The summed E-state index contributed by atoms with van der Waals surface area (Å²) < 4.78 is 0. The zero-order chi connectivity index (χ0) is 9.84. The lowest BCUT2D eigenvalue weighted by atomic mass is 10.1. The molecule has 1 rings (SSSR count). The SMILES string of the molecule is Cc1cc(N=C=S)c(C)cc1C#N. The third kappa shape index (κ3) is 2.00. The first kappa shape index (κ1) is 9.60. The molecule has 0 spiro atoms. The van der Waals surface area contributed by atoms with E-state index in [2.05, 4.69) is 28.4 Å². The van der Waals surface area contributed by atoms with Gasteiger partial charge in [0.15, 0.2) is 0 Å². The Morgan fingerprint density at radius 3 is 2.54 bits per heavy atom. The van der Waals surface area contributed by atoms with Gasteiger partial charge in [-0.3, -0.25) is 0 Å². The maximum atomic E-state index is 8.75. The molecule has 1 aromatic rings. The Morgan fingerprint density at radius 2 is 2.00 bits per heavy atom. The van der Waals surface area contributed by atoms with Crippen molar-refractivity contribution in [3.8, 4) is 6.07 Å². The predicted octanol–water partition coefficient (Wildman–Crippen LogP) is 2.91. The first-order valence-corrected chi connectivity index (χ1v) is 4.19. The summed E-state index contributed by atoms with van der Waals surface area (Å²) in [5, 5.41) is 11.1. The van der Waals surface area contributed by atoms with Gasteiger partial charge < -0.3 is 0 Å². The van der Waals surface area contributed by atoms with E-state index >= 15 is 0 Å². The van der Waals surface area contributed by atoms with Gasteiger partial charge in [0.25, 0.3) is 0 Å². The Kier molecular flexibility index (Phi) is 2.92. The quantitative estimate of drug-likeness (QED) is 0.502. The molecule has 0 amide bonds. The third-order valence-corrected chi connectivity index (χ3v) is 1.92. The van der Waals surface area contributed by atoms with Crippen LogP contribution in [0.25, 0.3) is 0 Å². The molecule has 2 nitrogen and oxygen atoms in total. The first-order chi connectivity index (χ1) is 6.19. The zero-order valence-electron chi connectivity index (χ0n) is 7.46. The number of nitrogens with zero attached hydrogens (tertiary/aromatic N) is 2. The molecular formula is C10H8N2S. The molecular weight excluding hydrogens is 180 g/mol. The number of aryl methyl sites for hydroxylation is 2. The average Bonchev–Trinajstić information content (AvgIpc) is 2.11. The van der Waals surface area contributed by atoms with E-state index in [1.54, 1.807) is 6.07 Å². The summed E-state index contributed by atoms with van der Waals surface area (Å²) in [6.07, 6.45) is 0. The van der Waals surface area contributed by atoms with Crippen LogP contribution in [0.1, 0.15) is 16.7 Å². The molecule has 0 aromatic heterocycles. The van der Waals surface area contributed by atoms with Gasteiger partial charge in [-0.2, -0.15) is 10.3 Å². The molecule has 64 valence electrons. The lowest BCUT2D eigenvalue weighted by Crippen LogP contribution is -1.84. The molecule has 0 saturated carbocycles. The van der Waals surface area contributed by atoms with Gasteiger partial charge in [-0.15, -0.1) is 0 Å². The summed E-state index contributed by atoms with van der Waals surface area (Å²) >= 11 is 4.52. The molecule has 13 heavy (non-hydrogen) atoms. The van der Waals surface area contributed by atoms with Gasteiger partial charge in [0.1, 0.15) is 0 Å². The summed E-state index contributed by atoms with van der Waals surface area (Å²) in [6, 6.07) is 5.76. The molecule has 0 aliphatic heterocycles. The van der Waals surface area contributed by atoms with Gasteiger partial charge in [-0.25, -0.2) is 0 Å². The summed E-state index contributed by atoms with van der Waals surface area (Å²) in [5.41, 5.74) is 3.32. The Labute approximate surface area is 82.5 Å². The van der Waals surface area contributed by atoms with Crippen LogP contribution in [-0.2, 0) is 0 Å². The van der Waals surface area contributed by atoms with Crippen LogP contribution in [-0.4, -0.2) is 5.16 Å². The number of aliphatic imine (C=N–C) groups is 1. The molecule has 0 fully saturated rings. The number of nitriles is 1. The number of rotatable bonds is 1. The molecule has 0 heterocycles. The third-order valence-electron chi connectivity index (χ3n) is 1.83. The minimum Gasteiger partial charge on any atom is -0.194 e. The summed E-state index contributed by atoms with van der Waals surface area (Å²) in [7, 11) is 0. The number of isothiocyanates is 1. The average molecular weight is 188 g/mol. The molecule has 0 bridgehead atoms. The highest BCUT2D eigenvalue weighted by molar-refractivity contribution is 7.78. The molecule has 0 N–H and O–H groups in total. The fourth-order valence-corrected chi connectivity index (χ4v) is 1.19. The van der Waals surface area contributed by atoms with Crippen LogP contribution in [0.5, 0.6) is 0 Å². The lowest BCUT2D eigenvalue weighted by Gasteiger charge is -2.01. The van der Waals surface area contributed by atoms with Crippen LogP contribution in [0.3, 0.4) is 0 Å². The molecule has 0 atom stereocenters. The summed E-state index contributed by atoms with van der Waals surface area (Å²) in [6.45, 7) is 3.77.